The Morgan fingerprint density at radius 2 is 2.19 bits per heavy atom. The summed E-state index contributed by atoms with van der Waals surface area (Å²) in [6, 6.07) is 6.00. The van der Waals surface area contributed by atoms with Crippen molar-refractivity contribution >= 4 is 27.3 Å². The molecule has 0 saturated heterocycles. The second-order valence-electron chi connectivity index (χ2n) is 4.59. The monoisotopic (exact) mass is 370 g/mol. The van der Waals surface area contributed by atoms with Gasteiger partial charge in [-0.2, -0.15) is 0 Å². The van der Waals surface area contributed by atoms with Crippen LogP contribution in [0.15, 0.2) is 28.1 Å². The third kappa shape index (κ3) is 4.26. The van der Waals surface area contributed by atoms with E-state index in [2.05, 4.69) is 37.7 Å². The van der Waals surface area contributed by atoms with Crippen LogP contribution in [-0.2, 0) is 4.74 Å². The molecule has 0 spiro atoms. The molecule has 1 atom stereocenters. The van der Waals surface area contributed by atoms with E-state index in [9.17, 15) is 0 Å². The minimum Gasteiger partial charge on any atom is -0.496 e. The van der Waals surface area contributed by atoms with Crippen molar-refractivity contribution in [2.45, 2.75) is 13.0 Å². The standard InChI is InChI=1S/C15H19BrN2O2S/c1-10-9-21-15(18-10)14(17-6-7-19-2)12-8-11(16)4-5-13(12)20-3/h4-5,8-9,14,17H,6-7H2,1-3H3. The summed E-state index contributed by atoms with van der Waals surface area (Å²) >= 11 is 5.18. The molecule has 0 amide bonds. The summed E-state index contributed by atoms with van der Waals surface area (Å²) in [4.78, 5) is 4.62. The van der Waals surface area contributed by atoms with E-state index < -0.39 is 0 Å². The van der Waals surface area contributed by atoms with Crippen molar-refractivity contribution in [1.29, 1.82) is 0 Å². The number of halogens is 1. The maximum absolute atomic E-state index is 5.50. The molecule has 0 saturated carbocycles. The Balaban J connectivity index is 2.36. The van der Waals surface area contributed by atoms with E-state index in [0.29, 0.717) is 6.61 Å². The summed E-state index contributed by atoms with van der Waals surface area (Å²) in [6.45, 7) is 3.40. The smallest absolute Gasteiger partial charge is 0.124 e. The van der Waals surface area contributed by atoms with Gasteiger partial charge >= 0.3 is 0 Å². The fraction of sp³-hybridized carbons (Fsp3) is 0.400. The first kappa shape index (κ1) is 16.4. The van der Waals surface area contributed by atoms with Gasteiger partial charge in [-0.15, -0.1) is 11.3 Å². The van der Waals surface area contributed by atoms with E-state index in [4.69, 9.17) is 9.47 Å². The topological polar surface area (TPSA) is 43.4 Å². The number of nitrogens with one attached hydrogen (secondary N) is 1. The number of rotatable bonds is 7. The zero-order chi connectivity index (χ0) is 15.2. The summed E-state index contributed by atoms with van der Waals surface area (Å²) in [7, 11) is 3.38. The number of thiazole rings is 1. The highest BCUT2D eigenvalue weighted by atomic mass is 79.9. The van der Waals surface area contributed by atoms with Crippen LogP contribution >= 0.6 is 27.3 Å². The van der Waals surface area contributed by atoms with E-state index in [1.807, 2.05) is 19.1 Å². The van der Waals surface area contributed by atoms with Crippen LogP contribution in [0.3, 0.4) is 0 Å². The van der Waals surface area contributed by atoms with Crippen LogP contribution in [0.5, 0.6) is 5.75 Å². The van der Waals surface area contributed by atoms with Crippen LogP contribution in [0.4, 0.5) is 0 Å². The lowest BCUT2D eigenvalue weighted by Gasteiger charge is -2.20. The van der Waals surface area contributed by atoms with Crippen LogP contribution in [0, 0.1) is 6.92 Å². The van der Waals surface area contributed by atoms with Crippen LogP contribution < -0.4 is 10.1 Å². The van der Waals surface area contributed by atoms with Crippen molar-refractivity contribution < 1.29 is 9.47 Å². The number of hydrogen-bond acceptors (Lipinski definition) is 5. The Kier molecular flexibility index (Phi) is 6.17. The van der Waals surface area contributed by atoms with Gasteiger partial charge in [0.2, 0.25) is 0 Å². The molecular formula is C15H19BrN2O2S. The van der Waals surface area contributed by atoms with Crippen molar-refractivity contribution in [3.63, 3.8) is 0 Å². The largest absolute Gasteiger partial charge is 0.496 e. The molecule has 6 heteroatoms. The van der Waals surface area contributed by atoms with Gasteiger partial charge in [-0.05, 0) is 25.1 Å². The SMILES string of the molecule is COCCNC(c1nc(C)cs1)c1cc(Br)ccc1OC. The van der Waals surface area contributed by atoms with Crippen molar-refractivity contribution in [2.75, 3.05) is 27.4 Å². The third-order valence-corrected chi connectivity index (χ3v) is 4.56. The number of hydrogen-bond donors (Lipinski definition) is 1. The molecule has 1 heterocycles. The normalized spacial score (nSPS) is 12.4. The quantitative estimate of drug-likeness (QED) is 0.756. The van der Waals surface area contributed by atoms with Crippen LogP contribution in [0.2, 0.25) is 0 Å². The predicted molar refractivity (Wildman–Crippen MR) is 89.3 cm³/mol. The van der Waals surface area contributed by atoms with Crippen molar-refractivity contribution in [3.05, 3.63) is 44.3 Å². The predicted octanol–water partition coefficient (Wildman–Crippen LogP) is 3.55. The van der Waals surface area contributed by atoms with Crippen LogP contribution in [-0.4, -0.2) is 32.4 Å². The van der Waals surface area contributed by atoms with Gasteiger partial charge < -0.3 is 14.8 Å². The molecular weight excluding hydrogens is 352 g/mol. The Labute approximate surface area is 137 Å². The fourth-order valence-corrected chi connectivity index (χ4v) is 3.34. The van der Waals surface area contributed by atoms with Gasteiger partial charge in [0.15, 0.2) is 0 Å². The molecule has 0 radical (unpaired) electrons. The van der Waals surface area contributed by atoms with Crippen LogP contribution in [0.1, 0.15) is 22.3 Å². The molecule has 0 aliphatic carbocycles. The molecule has 1 unspecified atom stereocenters. The molecule has 1 aromatic heterocycles. The number of aryl methyl sites for hydroxylation is 1. The highest BCUT2D eigenvalue weighted by molar-refractivity contribution is 9.10. The molecule has 0 aliphatic heterocycles. The van der Waals surface area contributed by atoms with Gasteiger partial charge in [0, 0.05) is 34.8 Å². The molecule has 2 rings (SSSR count). The lowest BCUT2D eigenvalue weighted by atomic mass is 10.1. The first-order valence-electron chi connectivity index (χ1n) is 6.63. The number of methoxy groups -OCH3 is 2. The zero-order valence-electron chi connectivity index (χ0n) is 12.4. The highest BCUT2D eigenvalue weighted by Gasteiger charge is 2.21. The average Bonchev–Trinajstić information content (AvgIpc) is 2.90. The lowest BCUT2D eigenvalue weighted by Crippen LogP contribution is -2.26. The molecule has 0 fully saturated rings. The molecule has 0 bridgehead atoms. The van der Waals surface area contributed by atoms with E-state index in [1.54, 1.807) is 25.6 Å². The number of nitrogens with zero attached hydrogens (tertiary/aromatic N) is 1. The minimum atomic E-state index is -0.00806. The van der Waals surface area contributed by atoms with Gasteiger partial charge in [0.25, 0.3) is 0 Å². The molecule has 114 valence electrons. The van der Waals surface area contributed by atoms with Gasteiger partial charge in [-0.1, -0.05) is 15.9 Å². The Bertz CT molecular complexity index is 589. The second kappa shape index (κ2) is 7.89. The van der Waals surface area contributed by atoms with Gasteiger partial charge in [-0.3, -0.25) is 0 Å². The number of benzene rings is 1. The van der Waals surface area contributed by atoms with Crippen LogP contribution in [0.25, 0.3) is 0 Å². The van der Waals surface area contributed by atoms with Gasteiger partial charge in [0.05, 0.1) is 19.8 Å². The van der Waals surface area contributed by atoms with Crippen molar-refractivity contribution in [2.24, 2.45) is 0 Å². The van der Waals surface area contributed by atoms with Gasteiger partial charge in [0.1, 0.15) is 10.8 Å². The Morgan fingerprint density at radius 3 is 2.81 bits per heavy atom. The van der Waals surface area contributed by atoms with E-state index in [1.165, 1.54) is 0 Å². The third-order valence-electron chi connectivity index (χ3n) is 3.04. The van der Waals surface area contributed by atoms with E-state index >= 15 is 0 Å². The number of ether oxygens (including phenoxy) is 2. The van der Waals surface area contributed by atoms with E-state index in [0.717, 1.165) is 33.0 Å². The zero-order valence-corrected chi connectivity index (χ0v) is 14.8. The summed E-state index contributed by atoms with van der Waals surface area (Å²) < 4.78 is 11.6. The minimum absolute atomic E-state index is 0.00806. The molecule has 1 N–H and O–H groups in total. The summed E-state index contributed by atoms with van der Waals surface area (Å²) in [5.74, 6) is 0.848. The van der Waals surface area contributed by atoms with Crippen molar-refractivity contribution in [3.8, 4) is 5.75 Å². The lowest BCUT2D eigenvalue weighted by molar-refractivity contribution is 0.197. The maximum Gasteiger partial charge on any atom is 0.124 e. The summed E-state index contributed by atoms with van der Waals surface area (Å²) in [5.41, 5.74) is 2.10. The maximum atomic E-state index is 5.50. The Hall–Kier alpha value is -0.950. The first-order chi connectivity index (χ1) is 10.2. The van der Waals surface area contributed by atoms with E-state index in [-0.39, 0.29) is 6.04 Å². The molecule has 1 aromatic carbocycles. The second-order valence-corrected chi connectivity index (χ2v) is 6.40. The average molecular weight is 371 g/mol. The molecule has 2 aromatic rings. The first-order valence-corrected chi connectivity index (χ1v) is 8.30. The number of aromatic nitrogens is 1. The molecule has 4 nitrogen and oxygen atoms in total. The summed E-state index contributed by atoms with van der Waals surface area (Å²) in [6.07, 6.45) is 0. The van der Waals surface area contributed by atoms with Gasteiger partial charge in [-0.25, -0.2) is 4.98 Å². The summed E-state index contributed by atoms with van der Waals surface area (Å²) in [5, 5.41) is 6.58. The molecule has 0 aliphatic rings. The molecule has 21 heavy (non-hydrogen) atoms. The fourth-order valence-electron chi connectivity index (χ4n) is 2.07. The Morgan fingerprint density at radius 1 is 1.38 bits per heavy atom. The highest BCUT2D eigenvalue weighted by Crippen LogP contribution is 2.33. The van der Waals surface area contributed by atoms with Crippen molar-refractivity contribution in [1.82, 2.24) is 10.3 Å².